The number of aryl methyl sites for hydroxylation is 1. The van der Waals surface area contributed by atoms with Crippen molar-refractivity contribution in [2.75, 3.05) is 0 Å². The van der Waals surface area contributed by atoms with E-state index in [0.717, 1.165) is 35.0 Å². The minimum Gasteiger partial charge on any atom is -0.483 e. The summed E-state index contributed by atoms with van der Waals surface area (Å²) in [4.78, 5) is 23.8. The van der Waals surface area contributed by atoms with Crippen molar-refractivity contribution in [3.8, 4) is 6.07 Å². The first-order chi connectivity index (χ1) is 14.4. The third kappa shape index (κ3) is 7.94. The number of amides is 1. The van der Waals surface area contributed by atoms with E-state index in [9.17, 15) is 4.79 Å². The molecule has 3 rings (SSSR count). The molecule has 0 aliphatic heterocycles. The molecular weight excluding hydrogens is 541 g/mol. The van der Waals surface area contributed by atoms with Crippen molar-refractivity contribution in [3.63, 3.8) is 0 Å². The van der Waals surface area contributed by atoms with E-state index in [4.69, 9.17) is 32.5 Å². The van der Waals surface area contributed by atoms with E-state index in [1.165, 1.54) is 12.8 Å². The average Bonchev–Trinajstić information content (AvgIpc) is 3.35. The molecule has 1 aliphatic carbocycles. The van der Waals surface area contributed by atoms with E-state index >= 15 is 0 Å². The smallest absolute Gasteiger partial charge is 0.290 e. The van der Waals surface area contributed by atoms with Crippen LogP contribution in [-0.2, 0) is 16.1 Å². The van der Waals surface area contributed by atoms with E-state index in [1.54, 1.807) is 15.3 Å². The van der Waals surface area contributed by atoms with Crippen LogP contribution < -0.4 is 11.1 Å². The standard InChI is InChI=1S/C9H9ClIN3S.C9H14N2O.CH2O2/c1-5-4-14(15-11)9-8(5)6(2-12)7(10)3-13-9;10-7-3-6-9(12)11-8-4-1-2-5-8;2-1-3/h3-4H,2,12H2,1H3;8H,1-6H2,(H,11,12);1H,(H,2,3). The Bertz CT molecular complexity index is 881. The second-order valence-electron chi connectivity index (χ2n) is 6.51. The number of nitrogens with zero attached hydrogens (tertiary/aromatic N) is 3. The molecule has 1 fully saturated rings. The topological polar surface area (TPSA) is 134 Å². The first-order valence-electron chi connectivity index (χ1n) is 9.31. The molecule has 1 amide bonds. The van der Waals surface area contributed by atoms with Gasteiger partial charge in [-0.1, -0.05) is 24.4 Å². The van der Waals surface area contributed by atoms with Gasteiger partial charge >= 0.3 is 0 Å². The van der Waals surface area contributed by atoms with E-state index in [0.29, 0.717) is 30.5 Å². The summed E-state index contributed by atoms with van der Waals surface area (Å²) < 4.78 is 2.01. The molecule has 1 saturated carbocycles. The fourth-order valence-electron chi connectivity index (χ4n) is 3.19. The number of hydrogen-bond donors (Lipinski definition) is 3. The Morgan fingerprint density at radius 2 is 2.20 bits per heavy atom. The Hall–Kier alpha value is -1.55. The van der Waals surface area contributed by atoms with Crippen molar-refractivity contribution in [3.05, 3.63) is 28.5 Å². The van der Waals surface area contributed by atoms with E-state index < -0.39 is 0 Å². The number of nitrogens with two attached hydrogens (primary N) is 1. The minimum absolute atomic E-state index is 0.0310. The quantitative estimate of drug-likeness (QED) is 0.362. The molecule has 2 aromatic rings. The van der Waals surface area contributed by atoms with Gasteiger partial charge < -0.3 is 16.2 Å². The highest BCUT2D eigenvalue weighted by Crippen LogP contribution is 2.31. The van der Waals surface area contributed by atoms with Gasteiger partial charge in [0.25, 0.3) is 6.47 Å². The SMILES string of the molecule is Cc1cn(SI)c2ncc(Cl)c(CN)c12.N#CCCC(=O)NC1CCCC1.O=CO. The van der Waals surface area contributed by atoms with Gasteiger partial charge in [0.1, 0.15) is 0 Å². The van der Waals surface area contributed by atoms with Gasteiger partial charge in [0.15, 0.2) is 5.65 Å². The number of nitriles is 1. The summed E-state index contributed by atoms with van der Waals surface area (Å²) in [6, 6.07) is 2.35. The number of aromatic nitrogens is 2. The van der Waals surface area contributed by atoms with Crippen molar-refractivity contribution < 1.29 is 14.7 Å². The lowest BCUT2D eigenvalue weighted by Gasteiger charge is -2.10. The van der Waals surface area contributed by atoms with Crippen LogP contribution in [0, 0.1) is 18.3 Å². The van der Waals surface area contributed by atoms with Crippen LogP contribution in [0.2, 0.25) is 5.02 Å². The fraction of sp³-hybridized carbons (Fsp3) is 0.474. The first kappa shape index (κ1) is 26.5. The lowest BCUT2D eigenvalue weighted by molar-refractivity contribution is -0.123. The predicted octanol–water partition coefficient (Wildman–Crippen LogP) is 4.35. The van der Waals surface area contributed by atoms with Gasteiger partial charge in [-0.2, -0.15) is 5.26 Å². The highest BCUT2D eigenvalue weighted by molar-refractivity contribution is 14.2. The molecule has 0 radical (unpaired) electrons. The molecule has 164 valence electrons. The molecule has 0 unspecified atom stereocenters. The number of carbonyl (C=O) groups is 2. The molecule has 0 spiro atoms. The summed E-state index contributed by atoms with van der Waals surface area (Å²) in [5, 5.41) is 19.8. The number of rotatable bonds is 5. The van der Waals surface area contributed by atoms with Gasteiger partial charge in [0.05, 0.1) is 11.1 Å². The fourth-order valence-corrected chi connectivity index (χ4v) is 4.71. The molecule has 8 nitrogen and oxygen atoms in total. The second-order valence-corrected chi connectivity index (χ2v) is 8.63. The molecule has 2 aromatic heterocycles. The Labute approximate surface area is 197 Å². The largest absolute Gasteiger partial charge is 0.483 e. The van der Waals surface area contributed by atoms with Crippen LogP contribution in [-0.4, -0.2) is 32.5 Å². The normalized spacial score (nSPS) is 12.9. The highest BCUT2D eigenvalue weighted by atomic mass is 127. The summed E-state index contributed by atoms with van der Waals surface area (Å²) in [7, 11) is 1.58. The van der Waals surface area contributed by atoms with Crippen LogP contribution in [0.15, 0.2) is 12.4 Å². The Kier molecular flexibility index (Phi) is 12.8. The first-order valence-corrected chi connectivity index (χ1v) is 13.0. The highest BCUT2D eigenvalue weighted by Gasteiger charge is 2.16. The predicted molar refractivity (Wildman–Crippen MR) is 128 cm³/mol. The monoisotopic (exact) mass is 565 g/mol. The number of carboxylic acid groups (broad SMARTS) is 1. The van der Waals surface area contributed by atoms with Crippen LogP contribution in [0.4, 0.5) is 0 Å². The summed E-state index contributed by atoms with van der Waals surface area (Å²) in [5.41, 5.74) is 8.77. The molecule has 0 saturated heterocycles. The number of fused-ring (bicyclic) bond motifs is 1. The summed E-state index contributed by atoms with van der Waals surface area (Å²) >= 11 is 8.29. The Morgan fingerprint density at radius 1 is 1.57 bits per heavy atom. The van der Waals surface area contributed by atoms with Gasteiger partial charge in [-0.25, -0.2) is 4.98 Å². The van der Waals surface area contributed by atoms with Gasteiger partial charge in [0, 0.05) is 73.5 Å². The molecule has 0 atom stereocenters. The van der Waals surface area contributed by atoms with Crippen molar-refractivity contribution in [2.45, 2.75) is 58.0 Å². The number of hydrogen-bond acceptors (Lipinski definition) is 6. The summed E-state index contributed by atoms with van der Waals surface area (Å²) in [6.07, 6.45) is 9.06. The molecule has 11 heteroatoms. The lowest BCUT2D eigenvalue weighted by atomic mass is 10.1. The molecule has 0 aromatic carbocycles. The second kappa shape index (κ2) is 14.5. The zero-order valence-electron chi connectivity index (χ0n) is 16.6. The van der Waals surface area contributed by atoms with Gasteiger partial charge in [-0.3, -0.25) is 13.6 Å². The lowest BCUT2D eigenvalue weighted by Crippen LogP contribution is -2.32. The molecule has 0 bridgehead atoms. The van der Waals surface area contributed by atoms with Crippen LogP contribution >= 0.6 is 41.9 Å². The van der Waals surface area contributed by atoms with Crippen molar-refractivity contribution in [1.82, 2.24) is 14.3 Å². The zero-order chi connectivity index (χ0) is 22.5. The number of nitrogens with one attached hydrogen (secondary N) is 1. The van der Waals surface area contributed by atoms with Crippen molar-refractivity contribution in [1.29, 1.82) is 5.26 Å². The Balaban J connectivity index is 0.000000271. The Morgan fingerprint density at radius 3 is 2.73 bits per heavy atom. The zero-order valence-corrected chi connectivity index (χ0v) is 20.3. The molecular formula is C19H25ClIN5O3S. The minimum atomic E-state index is -0.250. The van der Waals surface area contributed by atoms with Crippen LogP contribution in [0.1, 0.15) is 49.7 Å². The molecule has 4 N–H and O–H groups in total. The number of pyridine rings is 1. The maximum atomic E-state index is 11.1. The van der Waals surface area contributed by atoms with E-state index in [-0.39, 0.29) is 12.4 Å². The molecule has 1 aliphatic rings. The van der Waals surface area contributed by atoms with Crippen molar-refractivity contribution in [2.24, 2.45) is 5.73 Å². The van der Waals surface area contributed by atoms with Crippen molar-refractivity contribution >= 4 is 65.3 Å². The maximum Gasteiger partial charge on any atom is 0.290 e. The van der Waals surface area contributed by atoms with E-state index in [1.807, 2.05) is 23.2 Å². The van der Waals surface area contributed by atoms with Gasteiger partial charge in [-0.15, -0.1) is 0 Å². The number of carbonyl (C=O) groups excluding carboxylic acids is 1. The van der Waals surface area contributed by atoms with E-state index in [2.05, 4.69) is 31.5 Å². The molecule has 30 heavy (non-hydrogen) atoms. The average molecular weight is 566 g/mol. The number of halogens is 2. The third-order valence-electron chi connectivity index (χ3n) is 4.49. The van der Waals surface area contributed by atoms with Crippen LogP contribution in [0.3, 0.4) is 0 Å². The van der Waals surface area contributed by atoms with Crippen LogP contribution in [0.5, 0.6) is 0 Å². The molecule has 2 heterocycles. The third-order valence-corrected chi connectivity index (χ3v) is 6.52. The summed E-state index contributed by atoms with van der Waals surface area (Å²) in [6.45, 7) is 2.23. The maximum absolute atomic E-state index is 11.1. The van der Waals surface area contributed by atoms with Crippen LogP contribution in [0.25, 0.3) is 11.0 Å². The van der Waals surface area contributed by atoms with Gasteiger partial charge in [-0.05, 0) is 30.9 Å². The van der Waals surface area contributed by atoms with Gasteiger partial charge in [0.2, 0.25) is 5.91 Å². The summed E-state index contributed by atoms with van der Waals surface area (Å²) in [5.74, 6) is 0.0310.